The molecule has 37 heavy (non-hydrogen) atoms. The van der Waals surface area contributed by atoms with Crippen molar-refractivity contribution in [2.24, 2.45) is 0 Å². The minimum absolute atomic E-state index is 0.0896. The highest BCUT2D eigenvalue weighted by molar-refractivity contribution is 8.01. The lowest BCUT2D eigenvalue weighted by Gasteiger charge is -2.11. The Morgan fingerprint density at radius 3 is 2.51 bits per heavy atom. The molecule has 0 saturated heterocycles. The third kappa shape index (κ3) is 6.34. The number of benzene rings is 3. The number of carbonyl (C=O) groups excluding carboxylic acids is 2. The highest BCUT2D eigenvalue weighted by atomic mass is 32.2. The Kier molecular flexibility index (Phi) is 7.78. The van der Waals surface area contributed by atoms with E-state index in [1.54, 1.807) is 4.68 Å². The zero-order chi connectivity index (χ0) is 25.6. The summed E-state index contributed by atoms with van der Waals surface area (Å²) in [6.07, 6.45) is 0. The third-order valence-corrected chi connectivity index (χ3v) is 8.31. The van der Waals surface area contributed by atoms with E-state index in [4.69, 9.17) is 0 Å². The van der Waals surface area contributed by atoms with Gasteiger partial charge in [-0.3, -0.25) is 9.59 Å². The molecule has 9 nitrogen and oxygen atoms in total. The van der Waals surface area contributed by atoms with Crippen LogP contribution >= 0.6 is 34.9 Å². The molecule has 1 atom stereocenters. The Morgan fingerprint density at radius 1 is 0.973 bits per heavy atom. The van der Waals surface area contributed by atoms with Crippen LogP contribution < -0.4 is 10.6 Å². The first-order valence-corrected chi connectivity index (χ1v) is 13.9. The molecular weight excluding hydrogens is 527 g/mol. The van der Waals surface area contributed by atoms with Crippen molar-refractivity contribution in [1.82, 2.24) is 25.2 Å². The number of hydrogen-bond acceptors (Lipinski definition) is 9. The number of tetrazole rings is 1. The summed E-state index contributed by atoms with van der Waals surface area (Å²) in [5, 5.41) is 17.8. The highest BCUT2D eigenvalue weighted by Gasteiger charge is 2.20. The van der Waals surface area contributed by atoms with Crippen LogP contribution in [-0.4, -0.2) is 48.0 Å². The fourth-order valence-electron chi connectivity index (χ4n) is 3.33. The molecular formula is C25H21N7O2S3. The van der Waals surface area contributed by atoms with E-state index < -0.39 is 5.25 Å². The van der Waals surface area contributed by atoms with Gasteiger partial charge in [-0.2, -0.15) is 4.68 Å². The molecule has 0 unspecified atom stereocenters. The van der Waals surface area contributed by atoms with Gasteiger partial charge in [0.2, 0.25) is 17.0 Å². The van der Waals surface area contributed by atoms with Crippen molar-refractivity contribution in [2.75, 3.05) is 16.4 Å². The van der Waals surface area contributed by atoms with Crippen LogP contribution in [-0.2, 0) is 9.59 Å². The van der Waals surface area contributed by atoms with Crippen LogP contribution in [0.25, 0.3) is 15.9 Å². The first-order chi connectivity index (χ1) is 18.0. The average molecular weight is 548 g/mol. The molecule has 0 aliphatic carbocycles. The van der Waals surface area contributed by atoms with Crippen molar-refractivity contribution in [3.8, 4) is 5.69 Å². The van der Waals surface area contributed by atoms with Crippen LogP contribution in [0.15, 0.2) is 88.4 Å². The maximum absolute atomic E-state index is 12.9. The summed E-state index contributed by atoms with van der Waals surface area (Å²) >= 11 is 4.15. The quantitative estimate of drug-likeness (QED) is 0.244. The Bertz CT molecular complexity index is 1520. The van der Waals surface area contributed by atoms with E-state index in [1.807, 2.05) is 85.8 Å². The van der Waals surface area contributed by atoms with E-state index in [9.17, 15) is 9.59 Å². The molecule has 0 aliphatic rings. The molecule has 186 valence electrons. The first kappa shape index (κ1) is 24.9. The summed E-state index contributed by atoms with van der Waals surface area (Å²) in [5.41, 5.74) is 3.08. The maximum atomic E-state index is 12.9. The van der Waals surface area contributed by atoms with Gasteiger partial charge >= 0.3 is 0 Å². The molecule has 5 aromatic rings. The van der Waals surface area contributed by atoms with Crippen LogP contribution in [0.5, 0.6) is 0 Å². The molecule has 12 heteroatoms. The van der Waals surface area contributed by atoms with Crippen molar-refractivity contribution in [1.29, 1.82) is 0 Å². The normalized spacial score (nSPS) is 11.8. The van der Waals surface area contributed by atoms with Crippen LogP contribution in [0.2, 0.25) is 0 Å². The predicted octanol–water partition coefficient (Wildman–Crippen LogP) is 5.12. The van der Waals surface area contributed by atoms with Gasteiger partial charge in [0.15, 0.2) is 4.34 Å². The van der Waals surface area contributed by atoms with E-state index >= 15 is 0 Å². The van der Waals surface area contributed by atoms with Gasteiger partial charge in [0.1, 0.15) is 0 Å². The molecule has 0 aliphatic heterocycles. The second-order valence-electron chi connectivity index (χ2n) is 7.82. The van der Waals surface area contributed by atoms with Crippen molar-refractivity contribution < 1.29 is 9.59 Å². The van der Waals surface area contributed by atoms with Crippen LogP contribution in [0.3, 0.4) is 0 Å². The lowest BCUT2D eigenvalue weighted by molar-refractivity contribution is -0.115. The Labute approximate surface area is 225 Å². The maximum Gasteiger partial charge on any atom is 0.237 e. The molecule has 2 aromatic heterocycles. The smallest absolute Gasteiger partial charge is 0.237 e. The van der Waals surface area contributed by atoms with Crippen molar-refractivity contribution in [3.63, 3.8) is 0 Å². The summed E-state index contributed by atoms with van der Waals surface area (Å²) < 4.78 is 3.33. The van der Waals surface area contributed by atoms with Crippen LogP contribution in [0.1, 0.15) is 6.92 Å². The number of rotatable bonds is 9. The van der Waals surface area contributed by atoms with Gasteiger partial charge in [0.25, 0.3) is 0 Å². The average Bonchev–Trinajstić information content (AvgIpc) is 3.55. The number of fused-ring (bicyclic) bond motifs is 1. The van der Waals surface area contributed by atoms with Crippen molar-refractivity contribution in [3.05, 3.63) is 78.9 Å². The Morgan fingerprint density at radius 2 is 1.73 bits per heavy atom. The number of carbonyl (C=O) groups is 2. The number of thiazole rings is 1. The van der Waals surface area contributed by atoms with E-state index in [0.717, 1.165) is 25.9 Å². The number of thioether (sulfide) groups is 2. The SMILES string of the molecule is C[C@@H](Sc1nnnn1-c1ccccc1)C(=O)Nc1ccc2nc(SCC(=O)Nc3ccccc3)sc2c1. The molecule has 0 radical (unpaired) electrons. The van der Waals surface area contributed by atoms with Gasteiger partial charge in [0, 0.05) is 11.4 Å². The molecule has 0 fully saturated rings. The molecule has 0 bridgehead atoms. The fourth-order valence-corrected chi connectivity index (χ4v) is 6.04. The van der Waals surface area contributed by atoms with Crippen molar-refractivity contribution in [2.45, 2.75) is 21.7 Å². The number of amides is 2. The standard InChI is InChI=1S/C25H21N7O2S3/c1-16(36-24-29-30-31-32(24)19-10-6-3-7-11-19)23(34)27-18-12-13-20-21(14-18)37-25(28-20)35-15-22(33)26-17-8-4-2-5-9-17/h2-14,16H,15H2,1H3,(H,26,33)(H,27,34)/t16-/m1/s1. The first-order valence-electron chi connectivity index (χ1n) is 11.2. The summed E-state index contributed by atoms with van der Waals surface area (Å²) in [5.74, 6) is 0.00651. The summed E-state index contributed by atoms with van der Waals surface area (Å²) in [6, 6.07) is 24.5. The zero-order valence-corrected chi connectivity index (χ0v) is 22.0. The van der Waals surface area contributed by atoms with Gasteiger partial charge in [-0.1, -0.05) is 59.9 Å². The topological polar surface area (TPSA) is 115 Å². The lowest BCUT2D eigenvalue weighted by Crippen LogP contribution is -2.22. The van der Waals surface area contributed by atoms with E-state index in [0.29, 0.717) is 10.8 Å². The molecule has 2 heterocycles. The summed E-state index contributed by atoms with van der Waals surface area (Å²) in [7, 11) is 0. The largest absolute Gasteiger partial charge is 0.325 e. The zero-order valence-electron chi connectivity index (χ0n) is 19.6. The van der Waals surface area contributed by atoms with Gasteiger partial charge in [-0.05, 0) is 59.8 Å². The van der Waals surface area contributed by atoms with Gasteiger partial charge in [0.05, 0.1) is 26.9 Å². The number of nitrogens with zero attached hydrogens (tertiary/aromatic N) is 5. The molecule has 0 saturated carbocycles. The molecule has 5 rings (SSSR count). The second kappa shape index (κ2) is 11.5. The number of hydrogen-bond donors (Lipinski definition) is 2. The van der Waals surface area contributed by atoms with Crippen molar-refractivity contribution >= 4 is 68.3 Å². The molecule has 3 aromatic carbocycles. The highest BCUT2D eigenvalue weighted by Crippen LogP contribution is 2.32. The number of aromatic nitrogens is 5. The van der Waals surface area contributed by atoms with E-state index in [1.165, 1.54) is 34.9 Å². The number of anilines is 2. The summed E-state index contributed by atoms with van der Waals surface area (Å²) in [6.45, 7) is 1.81. The molecule has 2 amide bonds. The van der Waals surface area contributed by atoms with Gasteiger partial charge < -0.3 is 10.6 Å². The number of nitrogens with one attached hydrogen (secondary N) is 2. The van der Waals surface area contributed by atoms with Crippen LogP contribution in [0.4, 0.5) is 11.4 Å². The van der Waals surface area contributed by atoms with Gasteiger partial charge in [-0.15, -0.1) is 16.4 Å². The Hall–Kier alpha value is -3.74. The van der Waals surface area contributed by atoms with E-state index in [2.05, 4.69) is 31.1 Å². The fraction of sp³-hybridized carbons (Fsp3) is 0.120. The minimum Gasteiger partial charge on any atom is -0.325 e. The summed E-state index contributed by atoms with van der Waals surface area (Å²) in [4.78, 5) is 29.7. The molecule has 2 N–H and O–H groups in total. The predicted molar refractivity (Wildman–Crippen MR) is 149 cm³/mol. The van der Waals surface area contributed by atoms with E-state index in [-0.39, 0.29) is 17.6 Å². The van der Waals surface area contributed by atoms with Crippen LogP contribution in [0, 0.1) is 0 Å². The third-order valence-electron chi connectivity index (χ3n) is 5.11. The number of para-hydroxylation sites is 2. The minimum atomic E-state index is -0.431. The van der Waals surface area contributed by atoms with Gasteiger partial charge in [-0.25, -0.2) is 4.98 Å². The Balaban J connectivity index is 1.18. The molecule has 0 spiro atoms. The monoisotopic (exact) mass is 547 g/mol. The second-order valence-corrected chi connectivity index (χ2v) is 11.4. The lowest BCUT2D eigenvalue weighted by atomic mass is 10.3.